The van der Waals surface area contributed by atoms with Crippen LogP contribution in [0.5, 0.6) is 0 Å². The van der Waals surface area contributed by atoms with Crippen LogP contribution >= 0.6 is 11.8 Å². The molecule has 1 aliphatic rings. The van der Waals surface area contributed by atoms with E-state index in [4.69, 9.17) is 15.3 Å². The van der Waals surface area contributed by atoms with Gasteiger partial charge in [0.15, 0.2) is 0 Å². The van der Waals surface area contributed by atoms with Crippen LogP contribution in [0.2, 0.25) is 0 Å². The molecule has 1 aromatic rings. The van der Waals surface area contributed by atoms with Crippen molar-refractivity contribution in [3.8, 4) is 0 Å². The van der Waals surface area contributed by atoms with E-state index in [0.29, 0.717) is 11.0 Å². The van der Waals surface area contributed by atoms with Crippen molar-refractivity contribution < 1.29 is 14.3 Å². The Balaban J connectivity index is 1.98. The first-order chi connectivity index (χ1) is 7.13. The molecule has 5 nitrogen and oxygen atoms in total. The van der Waals surface area contributed by atoms with Crippen molar-refractivity contribution in [2.24, 2.45) is 11.7 Å². The van der Waals surface area contributed by atoms with E-state index in [1.807, 2.05) is 0 Å². The molecule has 1 aliphatic carbocycles. The van der Waals surface area contributed by atoms with Crippen LogP contribution in [0.15, 0.2) is 22.1 Å². The molecule has 0 saturated heterocycles. The number of hydrogen-bond acceptors (Lipinski definition) is 5. The summed E-state index contributed by atoms with van der Waals surface area (Å²) >= 11 is 1.25. The minimum Gasteiger partial charge on any atom is -0.480 e. The van der Waals surface area contributed by atoms with Gasteiger partial charge in [0.1, 0.15) is 11.8 Å². The third-order valence-electron chi connectivity index (χ3n) is 2.55. The largest absolute Gasteiger partial charge is 0.480 e. The predicted molar refractivity (Wildman–Crippen MR) is 54.5 cm³/mol. The topological polar surface area (TPSA) is 89.4 Å². The monoisotopic (exact) mass is 228 g/mol. The number of nitrogens with zero attached hydrogens (tertiary/aromatic N) is 1. The van der Waals surface area contributed by atoms with Crippen molar-refractivity contribution in [3.05, 3.63) is 12.5 Å². The first kappa shape index (κ1) is 10.5. The van der Waals surface area contributed by atoms with Crippen LogP contribution in [0.3, 0.4) is 0 Å². The number of carboxylic acid groups (broad SMARTS) is 1. The van der Waals surface area contributed by atoms with Crippen molar-refractivity contribution in [1.82, 2.24) is 4.98 Å². The van der Waals surface area contributed by atoms with Crippen molar-refractivity contribution >= 4 is 17.7 Å². The molecule has 3 N–H and O–H groups in total. The Bertz CT molecular complexity index is 350. The molecule has 15 heavy (non-hydrogen) atoms. The number of aliphatic carboxylic acids is 1. The van der Waals surface area contributed by atoms with E-state index in [0.717, 1.165) is 12.8 Å². The Hall–Kier alpha value is -1.01. The second kappa shape index (κ2) is 3.86. The Morgan fingerprint density at radius 1 is 1.80 bits per heavy atom. The maximum Gasteiger partial charge on any atom is 0.324 e. The van der Waals surface area contributed by atoms with Gasteiger partial charge in [-0.15, -0.1) is 0 Å². The fraction of sp³-hybridized carbons (Fsp3) is 0.556. The summed E-state index contributed by atoms with van der Waals surface area (Å²) in [5.74, 6) is -0.547. The highest BCUT2D eigenvalue weighted by molar-refractivity contribution is 7.99. The number of thioether (sulfide) groups is 1. The first-order valence-electron chi connectivity index (χ1n) is 4.67. The fourth-order valence-corrected chi connectivity index (χ4v) is 2.40. The van der Waals surface area contributed by atoms with E-state index in [9.17, 15) is 4.79 Å². The summed E-state index contributed by atoms with van der Waals surface area (Å²) in [6, 6.07) is 0. The molecule has 0 aliphatic heterocycles. The summed E-state index contributed by atoms with van der Waals surface area (Å²) in [7, 11) is 0. The lowest BCUT2D eigenvalue weighted by Crippen LogP contribution is -2.52. The van der Waals surface area contributed by atoms with Gasteiger partial charge in [0.2, 0.25) is 0 Å². The Morgan fingerprint density at radius 2 is 2.53 bits per heavy atom. The van der Waals surface area contributed by atoms with Gasteiger partial charge >= 0.3 is 5.97 Å². The molecule has 0 spiro atoms. The molecule has 1 atom stereocenters. The number of oxazole rings is 1. The third kappa shape index (κ3) is 2.15. The summed E-state index contributed by atoms with van der Waals surface area (Å²) in [4.78, 5) is 15.0. The van der Waals surface area contributed by atoms with Crippen LogP contribution in [0.1, 0.15) is 12.8 Å². The van der Waals surface area contributed by atoms with Gasteiger partial charge < -0.3 is 15.3 Å². The van der Waals surface area contributed by atoms with Crippen molar-refractivity contribution in [2.75, 3.05) is 5.75 Å². The van der Waals surface area contributed by atoms with Crippen molar-refractivity contribution in [1.29, 1.82) is 0 Å². The predicted octanol–water partition coefficient (Wildman–Crippen LogP) is 0.959. The zero-order valence-electron chi connectivity index (χ0n) is 8.05. The lowest BCUT2D eigenvalue weighted by Gasteiger charge is -2.22. The van der Waals surface area contributed by atoms with E-state index in [1.54, 1.807) is 0 Å². The second-order valence-corrected chi connectivity index (χ2v) is 4.63. The molecular formula is C9H12N2O3S. The molecule has 1 unspecified atom stereocenters. The minimum absolute atomic E-state index is 0.0949. The van der Waals surface area contributed by atoms with Gasteiger partial charge in [0.25, 0.3) is 5.22 Å². The summed E-state index contributed by atoms with van der Waals surface area (Å²) in [6.07, 6.45) is 4.78. The molecule has 6 heteroatoms. The molecule has 0 aromatic carbocycles. The number of nitrogens with two attached hydrogens (primary N) is 1. The number of aromatic nitrogens is 1. The van der Waals surface area contributed by atoms with Gasteiger partial charge in [-0.1, -0.05) is 11.8 Å². The molecular weight excluding hydrogens is 216 g/mol. The van der Waals surface area contributed by atoms with Crippen molar-refractivity contribution in [3.63, 3.8) is 0 Å². The summed E-state index contributed by atoms with van der Waals surface area (Å²) in [5, 5.41) is 9.55. The van der Waals surface area contributed by atoms with E-state index in [-0.39, 0.29) is 5.92 Å². The van der Waals surface area contributed by atoms with Crippen LogP contribution in [0, 0.1) is 5.92 Å². The van der Waals surface area contributed by atoms with Crippen molar-refractivity contribution in [2.45, 2.75) is 23.6 Å². The maximum absolute atomic E-state index is 11.1. The van der Waals surface area contributed by atoms with Gasteiger partial charge in [0.05, 0.1) is 6.20 Å². The smallest absolute Gasteiger partial charge is 0.324 e. The van der Waals surface area contributed by atoms with Crippen LogP contribution in [0.25, 0.3) is 0 Å². The van der Waals surface area contributed by atoms with Gasteiger partial charge in [-0.2, -0.15) is 0 Å². The van der Waals surface area contributed by atoms with Crippen LogP contribution in [0.4, 0.5) is 0 Å². The van der Waals surface area contributed by atoms with Gasteiger partial charge in [0, 0.05) is 5.75 Å². The maximum atomic E-state index is 11.1. The molecule has 0 amide bonds. The first-order valence-corrected chi connectivity index (χ1v) is 5.66. The average Bonchev–Trinajstić information content (AvgIpc) is 2.93. The molecule has 1 fully saturated rings. The molecule has 2 rings (SSSR count). The third-order valence-corrected chi connectivity index (χ3v) is 3.62. The lowest BCUT2D eigenvalue weighted by atomic mass is 9.98. The molecule has 0 radical (unpaired) electrons. The fourth-order valence-electron chi connectivity index (χ4n) is 1.42. The minimum atomic E-state index is -1.14. The summed E-state index contributed by atoms with van der Waals surface area (Å²) in [6.45, 7) is 0. The molecule has 0 bridgehead atoms. The molecule has 1 aromatic heterocycles. The lowest BCUT2D eigenvalue weighted by molar-refractivity contribution is -0.143. The number of carboxylic acids is 1. The standard InChI is InChI=1S/C9H12N2O3S/c10-9(7(12)13,6-1-2-6)5-15-8-11-3-4-14-8/h3-4,6H,1-2,5,10H2,(H,12,13). The highest BCUT2D eigenvalue weighted by atomic mass is 32.2. The van der Waals surface area contributed by atoms with Gasteiger partial charge in [-0.3, -0.25) is 4.79 Å². The normalized spacial score (nSPS) is 19.8. The molecule has 82 valence electrons. The highest BCUT2D eigenvalue weighted by Crippen LogP contribution is 2.40. The van der Waals surface area contributed by atoms with Gasteiger partial charge in [-0.05, 0) is 18.8 Å². The number of carbonyl (C=O) groups is 1. The Kier molecular flexibility index (Phi) is 2.70. The molecule has 1 heterocycles. The van der Waals surface area contributed by atoms with E-state index in [2.05, 4.69) is 4.98 Å². The van der Waals surface area contributed by atoms with E-state index in [1.165, 1.54) is 24.2 Å². The number of hydrogen-bond donors (Lipinski definition) is 2. The van der Waals surface area contributed by atoms with Gasteiger partial charge in [-0.25, -0.2) is 4.98 Å². The highest BCUT2D eigenvalue weighted by Gasteiger charge is 2.48. The molecule has 1 saturated carbocycles. The Morgan fingerprint density at radius 3 is 3.00 bits per heavy atom. The zero-order valence-corrected chi connectivity index (χ0v) is 8.87. The van der Waals surface area contributed by atoms with Crippen LogP contribution < -0.4 is 5.73 Å². The van der Waals surface area contributed by atoms with E-state index < -0.39 is 11.5 Å². The summed E-state index contributed by atoms with van der Waals surface area (Å²) in [5.41, 5.74) is 4.73. The quantitative estimate of drug-likeness (QED) is 0.729. The Labute approximate surface area is 91.0 Å². The summed E-state index contributed by atoms with van der Waals surface area (Å²) < 4.78 is 5.01. The second-order valence-electron chi connectivity index (χ2n) is 3.71. The van der Waals surface area contributed by atoms with Crippen LogP contribution in [-0.2, 0) is 4.79 Å². The zero-order chi connectivity index (χ0) is 10.9. The van der Waals surface area contributed by atoms with E-state index >= 15 is 0 Å². The average molecular weight is 228 g/mol. The SMILES string of the molecule is NC(CSc1ncco1)(C(=O)O)C1CC1. The van der Waals surface area contributed by atoms with Crippen LogP contribution in [-0.4, -0.2) is 27.4 Å². The number of rotatable bonds is 5.